The molecule has 1 aromatic rings. The van der Waals surface area contributed by atoms with Crippen LogP contribution in [0.5, 0.6) is 0 Å². The van der Waals surface area contributed by atoms with Gasteiger partial charge in [0, 0.05) is 70.4 Å². The van der Waals surface area contributed by atoms with Crippen LogP contribution in [-0.4, -0.2) is 155 Å². The van der Waals surface area contributed by atoms with E-state index in [4.69, 9.17) is 0 Å². The number of amides is 1. The van der Waals surface area contributed by atoms with E-state index < -0.39 is 43.0 Å². The number of aliphatic carboxylic acids is 4. The van der Waals surface area contributed by atoms with Gasteiger partial charge in [-0.05, 0) is 24.7 Å². The summed E-state index contributed by atoms with van der Waals surface area (Å²) in [6.45, 7) is 0.733. The standard InChI is InChI=1S/C26H37N5O10.CH5N/c32-13-1-2-22(33)27-20-5-3-19(4-6-20)21(31(17-25(38)39)18-26(40)41)14-28-7-9-29(15-23(34)35)11-12-30(10-8-28)16-24(36)37;1-2/h3-6,13,21H,1-2,7-12,14-18H2,(H,27,33)(H,34,35)(H,36,37)(H,38,39)(H,40,41);2H2,1H3. The average molecular weight is 611 g/mol. The normalized spacial score (nSPS) is 15.6. The summed E-state index contributed by atoms with van der Waals surface area (Å²) in [6.07, 6.45) is 0.738. The predicted octanol–water partition coefficient (Wildman–Crippen LogP) is -1.22. The van der Waals surface area contributed by atoms with Crippen molar-refractivity contribution in [3.63, 3.8) is 0 Å². The highest BCUT2D eigenvalue weighted by atomic mass is 16.4. The first-order valence-corrected chi connectivity index (χ1v) is 13.7. The van der Waals surface area contributed by atoms with E-state index in [1.54, 1.807) is 34.1 Å². The summed E-state index contributed by atoms with van der Waals surface area (Å²) in [7, 11) is 1.50. The molecule has 0 bridgehead atoms. The van der Waals surface area contributed by atoms with Crippen LogP contribution < -0.4 is 11.1 Å². The van der Waals surface area contributed by atoms with Crippen LogP contribution in [0.3, 0.4) is 0 Å². The molecular formula is C27H42N6O10. The maximum absolute atomic E-state index is 12.0. The van der Waals surface area contributed by atoms with Crippen LogP contribution in [0.15, 0.2) is 24.3 Å². The number of nitrogens with one attached hydrogen (secondary N) is 1. The van der Waals surface area contributed by atoms with Crippen LogP contribution in [0.4, 0.5) is 5.69 Å². The van der Waals surface area contributed by atoms with Gasteiger partial charge in [-0.3, -0.25) is 43.6 Å². The minimum Gasteiger partial charge on any atom is -0.480 e. The fraction of sp³-hybridized carbons (Fsp3) is 0.556. The third-order valence-electron chi connectivity index (χ3n) is 6.53. The van der Waals surface area contributed by atoms with Gasteiger partial charge in [0.15, 0.2) is 0 Å². The number of aldehydes is 1. The molecule has 7 N–H and O–H groups in total. The molecule has 1 saturated heterocycles. The molecule has 16 heteroatoms. The van der Waals surface area contributed by atoms with Gasteiger partial charge in [-0.2, -0.15) is 0 Å². The monoisotopic (exact) mass is 610 g/mol. The second-order valence-electron chi connectivity index (χ2n) is 9.72. The molecule has 1 amide bonds. The van der Waals surface area contributed by atoms with Crippen LogP contribution in [-0.2, 0) is 28.8 Å². The van der Waals surface area contributed by atoms with E-state index in [9.17, 15) is 49.2 Å². The summed E-state index contributed by atoms with van der Waals surface area (Å²) in [5.74, 6) is -4.84. The Morgan fingerprint density at radius 2 is 1.23 bits per heavy atom. The molecule has 1 aromatic carbocycles. The minimum absolute atomic E-state index is 0.0195. The van der Waals surface area contributed by atoms with Gasteiger partial charge in [0.1, 0.15) is 6.29 Å². The first-order valence-electron chi connectivity index (χ1n) is 13.7. The molecule has 1 aliphatic rings. The van der Waals surface area contributed by atoms with Crippen molar-refractivity contribution in [2.45, 2.75) is 18.9 Å². The largest absolute Gasteiger partial charge is 0.480 e. The fourth-order valence-corrected chi connectivity index (χ4v) is 4.57. The molecule has 0 aliphatic carbocycles. The van der Waals surface area contributed by atoms with Crippen molar-refractivity contribution in [3.8, 4) is 0 Å². The van der Waals surface area contributed by atoms with Crippen molar-refractivity contribution in [1.29, 1.82) is 0 Å². The van der Waals surface area contributed by atoms with Crippen molar-refractivity contribution in [3.05, 3.63) is 29.8 Å². The van der Waals surface area contributed by atoms with E-state index in [1.165, 1.54) is 11.9 Å². The SMILES string of the molecule is CN.O=CCCC(=O)Nc1ccc(C(CN2CCN(CC(=O)O)CCN(CC(=O)O)CC2)N(CC(=O)O)CC(=O)O)cc1. The number of hydrogen-bond donors (Lipinski definition) is 6. The summed E-state index contributed by atoms with van der Waals surface area (Å²) in [6, 6.07) is 5.79. The van der Waals surface area contributed by atoms with Gasteiger partial charge in [-0.15, -0.1) is 0 Å². The topological polar surface area (TPSA) is 234 Å². The molecule has 1 fully saturated rings. The number of carbonyl (C=O) groups excluding carboxylic acids is 2. The summed E-state index contributed by atoms with van der Waals surface area (Å²) in [5.41, 5.74) is 5.53. The Labute approximate surface area is 249 Å². The smallest absolute Gasteiger partial charge is 0.317 e. The lowest BCUT2D eigenvalue weighted by Gasteiger charge is -2.35. The maximum Gasteiger partial charge on any atom is 0.317 e. The Kier molecular flexibility index (Phi) is 17.3. The fourth-order valence-electron chi connectivity index (χ4n) is 4.57. The number of hydrogen-bond acceptors (Lipinski definition) is 11. The minimum atomic E-state index is -1.22. The van der Waals surface area contributed by atoms with Crippen molar-refractivity contribution in [1.82, 2.24) is 19.6 Å². The number of rotatable bonds is 16. The number of carbonyl (C=O) groups is 6. The first-order chi connectivity index (χ1) is 20.5. The van der Waals surface area contributed by atoms with Gasteiger partial charge >= 0.3 is 23.9 Å². The molecule has 43 heavy (non-hydrogen) atoms. The second-order valence-corrected chi connectivity index (χ2v) is 9.72. The molecule has 0 radical (unpaired) electrons. The number of carboxylic acids is 4. The van der Waals surface area contributed by atoms with Crippen LogP contribution >= 0.6 is 0 Å². The van der Waals surface area contributed by atoms with Crippen molar-refractivity contribution in [2.75, 3.05) is 84.4 Å². The van der Waals surface area contributed by atoms with Crippen molar-refractivity contribution < 1.29 is 49.2 Å². The second kappa shape index (κ2) is 20.0. The van der Waals surface area contributed by atoms with Crippen LogP contribution in [0.25, 0.3) is 0 Å². The number of nitrogens with zero attached hydrogens (tertiary/aromatic N) is 4. The molecular weight excluding hydrogens is 568 g/mol. The summed E-state index contributed by atoms with van der Waals surface area (Å²) < 4.78 is 0. The zero-order chi connectivity index (χ0) is 32.4. The zero-order valence-corrected chi connectivity index (χ0v) is 24.3. The molecule has 1 aliphatic heterocycles. The molecule has 1 atom stereocenters. The third-order valence-corrected chi connectivity index (χ3v) is 6.53. The molecule has 240 valence electrons. The Morgan fingerprint density at radius 1 is 0.791 bits per heavy atom. The van der Waals surface area contributed by atoms with Crippen LogP contribution in [0, 0.1) is 0 Å². The quantitative estimate of drug-likeness (QED) is 0.120. The molecule has 2 rings (SSSR count). The Bertz CT molecular complexity index is 1030. The van der Waals surface area contributed by atoms with E-state index in [2.05, 4.69) is 11.1 Å². The number of carboxylic acid groups (broad SMARTS) is 4. The Balaban J connectivity index is 0.00000452. The summed E-state index contributed by atoms with van der Waals surface area (Å²) in [4.78, 5) is 75.2. The van der Waals surface area contributed by atoms with Crippen LogP contribution in [0.1, 0.15) is 24.4 Å². The highest BCUT2D eigenvalue weighted by Crippen LogP contribution is 2.24. The molecule has 16 nitrogen and oxygen atoms in total. The van der Waals surface area contributed by atoms with E-state index in [1.807, 2.05) is 4.90 Å². The van der Waals surface area contributed by atoms with E-state index in [-0.39, 0.29) is 38.4 Å². The molecule has 0 aromatic heterocycles. The van der Waals surface area contributed by atoms with Gasteiger partial charge in [0.05, 0.1) is 26.2 Å². The van der Waals surface area contributed by atoms with E-state index in [0.29, 0.717) is 56.8 Å². The highest BCUT2D eigenvalue weighted by molar-refractivity contribution is 5.91. The lowest BCUT2D eigenvalue weighted by molar-refractivity contribution is -0.143. The maximum atomic E-state index is 12.0. The van der Waals surface area contributed by atoms with Gasteiger partial charge < -0.3 is 36.3 Å². The number of benzene rings is 1. The lowest BCUT2D eigenvalue weighted by atomic mass is 10.0. The third kappa shape index (κ3) is 15.2. The van der Waals surface area contributed by atoms with Crippen molar-refractivity contribution in [2.24, 2.45) is 5.73 Å². The lowest BCUT2D eigenvalue weighted by Crippen LogP contribution is -2.45. The number of nitrogens with two attached hydrogens (primary N) is 1. The van der Waals surface area contributed by atoms with Gasteiger partial charge in [0.25, 0.3) is 0 Å². The Hall–Kier alpha value is -3.96. The number of anilines is 1. The zero-order valence-electron chi connectivity index (χ0n) is 24.3. The van der Waals surface area contributed by atoms with E-state index >= 15 is 0 Å². The first kappa shape index (κ1) is 37.1. The summed E-state index contributed by atoms with van der Waals surface area (Å²) >= 11 is 0. The van der Waals surface area contributed by atoms with E-state index in [0.717, 1.165) is 0 Å². The predicted molar refractivity (Wildman–Crippen MR) is 155 cm³/mol. The molecule has 1 unspecified atom stereocenters. The molecule has 1 heterocycles. The highest BCUT2D eigenvalue weighted by Gasteiger charge is 2.28. The Morgan fingerprint density at radius 3 is 1.63 bits per heavy atom. The molecule has 0 saturated carbocycles. The summed E-state index contributed by atoms with van der Waals surface area (Å²) in [5, 5.41) is 40.3. The van der Waals surface area contributed by atoms with Gasteiger partial charge in [-0.1, -0.05) is 12.1 Å². The van der Waals surface area contributed by atoms with Gasteiger partial charge in [0.2, 0.25) is 5.91 Å². The van der Waals surface area contributed by atoms with Crippen molar-refractivity contribution >= 4 is 41.8 Å². The average Bonchev–Trinajstić information content (AvgIpc) is 3.02. The van der Waals surface area contributed by atoms with Gasteiger partial charge in [-0.25, -0.2) is 0 Å². The molecule has 0 spiro atoms. The van der Waals surface area contributed by atoms with Crippen LogP contribution in [0.2, 0.25) is 0 Å².